The van der Waals surface area contributed by atoms with Crippen LogP contribution in [0.15, 0.2) is 6.20 Å². The summed E-state index contributed by atoms with van der Waals surface area (Å²) in [7, 11) is 1.75. The van der Waals surface area contributed by atoms with Crippen LogP contribution in [-0.4, -0.2) is 29.5 Å². The van der Waals surface area contributed by atoms with Crippen molar-refractivity contribution >= 4 is 0 Å². The number of nitrogens with zero attached hydrogens (tertiary/aromatic N) is 2. The molecule has 1 fully saturated rings. The summed E-state index contributed by atoms with van der Waals surface area (Å²) in [4.78, 5) is 0. The normalized spacial score (nSPS) is 23.5. The van der Waals surface area contributed by atoms with Crippen molar-refractivity contribution in [1.82, 2.24) is 15.1 Å². The van der Waals surface area contributed by atoms with E-state index < -0.39 is 0 Å². The van der Waals surface area contributed by atoms with Gasteiger partial charge in [-0.2, -0.15) is 5.10 Å². The predicted octanol–water partition coefficient (Wildman–Crippen LogP) is 2.94. The molecule has 4 nitrogen and oxygen atoms in total. The fourth-order valence-electron chi connectivity index (χ4n) is 3.17. The monoisotopic (exact) mass is 265 g/mol. The Bertz CT molecular complexity index is 367. The summed E-state index contributed by atoms with van der Waals surface area (Å²) in [5.74, 6) is 1.54. The van der Waals surface area contributed by atoms with E-state index in [4.69, 9.17) is 4.74 Å². The zero-order valence-electron chi connectivity index (χ0n) is 12.5. The van der Waals surface area contributed by atoms with Crippen LogP contribution in [0, 0.1) is 0 Å². The molecule has 2 unspecified atom stereocenters. The van der Waals surface area contributed by atoms with Gasteiger partial charge in [0.05, 0.1) is 19.0 Å². The van der Waals surface area contributed by atoms with E-state index in [1.807, 2.05) is 6.20 Å². The summed E-state index contributed by atoms with van der Waals surface area (Å²) < 4.78 is 7.60. The molecule has 1 aromatic heterocycles. The summed E-state index contributed by atoms with van der Waals surface area (Å²) >= 11 is 0. The highest BCUT2D eigenvalue weighted by atomic mass is 16.5. The average Bonchev–Trinajstić information content (AvgIpc) is 2.88. The number of hydrogen-bond acceptors (Lipinski definition) is 3. The van der Waals surface area contributed by atoms with Gasteiger partial charge in [-0.1, -0.05) is 13.3 Å². The minimum absolute atomic E-state index is 0.584. The molecule has 1 aliphatic rings. The second-order valence-corrected chi connectivity index (χ2v) is 5.43. The number of rotatable bonds is 6. The first-order chi connectivity index (χ1) is 9.30. The first-order valence-electron chi connectivity index (χ1n) is 7.63. The van der Waals surface area contributed by atoms with Crippen molar-refractivity contribution in [2.24, 2.45) is 0 Å². The Morgan fingerprint density at radius 3 is 2.95 bits per heavy atom. The zero-order valence-corrected chi connectivity index (χ0v) is 12.5. The van der Waals surface area contributed by atoms with Gasteiger partial charge in [-0.15, -0.1) is 0 Å². The van der Waals surface area contributed by atoms with Crippen molar-refractivity contribution in [3.8, 4) is 5.75 Å². The number of aryl methyl sites for hydroxylation is 1. The highest BCUT2D eigenvalue weighted by Crippen LogP contribution is 2.37. The predicted molar refractivity (Wildman–Crippen MR) is 77.7 cm³/mol. The molecule has 0 amide bonds. The van der Waals surface area contributed by atoms with Gasteiger partial charge in [-0.25, -0.2) is 0 Å². The number of nitrogens with one attached hydrogen (secondary N) is 1. The lowest BCUT2D eigenvalue weighted by atomic mass is 9.83. The third kappa shape index (κ3) is 3.30. The van der Waals surface area contributed by atoms with Crippen molar-refractivity contribution in [3.63, 3.8) is 0 Å². The molecule has 1 aliphatic carbocycles. The van der Waals surface area contributed by atoms with Crippen LogP contribution in [0.2, 0.25) is 0 Å². The molecular formula is C15H27N3O. The van der Waals surface area contributed by atoms with E-state index in [0.717, 1.165) is 18.8 Å². The molecule has 0 bridgehead atoms. The van der Waals surface area contributed by atoms with E-state index in [0.29, 0.717) is 12.0 Å². The zero-order chi connectivity index (χ0) is 13.7. The lowest BCUT2D eigenvalue weighted by Crippen LogP contribution is -2.34. The van der Waals surface area contributed by atoms with Crippen LogP contribution >= 0.6 is 0 Å². The van der Waals surface area contributed by atoms with Gasteiger partial charge in [0.15, 0.2) is 5.75 Å². The smallest absolute Gasteiger partial charge is 0.160 e. The Hall–Kier alpha value is -1.03. The van der Waals surface area contributed by atoms with Gasteiger partial charge >= 0.3 is 0 Å². The Balaban J connectivity index is 2.09. The molecule has 0 saturated heterocycles. The Morgan fingerprint density at radius 2 is 2.26 bits per heavy atom. The highest BCUT2D eigenvalue weighted by molar-refractivity contribution is 5.29. The number of methoxy groups -OCH3 is 1. The summed E-state index contributed by atoms with van der Waals surface area (Å²) in [5, 5.41) is 8.11. The van der Waals surface area contributed by atoms with Crippen molar-refractivity contribution in [3.05, 3.63) is 11.9 Å². The summed E-state index contributed by atoms with van der Waals surface area (Å²) in [6, 6.07) is 0.656. The maximum Gasteiger partial charge on any atom is 0.160 e. The Morgan fingerprint density at radius 1 is 1.42 bits per heavy atom. The molecule has 1 aromatic rings. The standard InChI is InChI=1S/C15H27N3O/c1-4-9-16-13-8-6-7-12(10-13)15-14(19-3)11-17-18(15)5-2/h11-13,16H,4-10H2,1-3H3. The minimum Gasteiger partial charge on any atom is -0.493 e. The fraction of sp³-hybridized carbons (Fsp3) is 0.800. The molecule has 0 aromatic carbocycles. The molecule has 0 spiro atoms. The molecule has 1 saturated carbocycles. The first kappa shape index (κ1) is 14.4. The van der Waals surface area contributed by atoms with E-state index in [9.17, 15) is 0 Å². The molecule has 19 heavy (non-hydrogen) atoms. The average molecular weight is 265 g/mol. The molecule has 1 heterocycles. The van der Waals surface area contributed by atoms with Gasteiger partial charge in [0, 0.05) is 18.5 Å². The van der Waals surface area contributed by atoms with Gasteiger partial charge < -0.3 is 10.1 Å². The van der Waals surface area contributed by atoms with Gasteiger partial charge in [0.25, 0.3) is 0 Å². The summed E-state index contributed by atoms with van der Waals surface area (Å²) in [6.45, 7) is 6.41. The van der Waals surface area contributed by atoms with Crippen LogP contribution in [0.5, 0.6) is 5.75 Å². The molecular weight excluding hydrogens is 238 g/mol. The molecule has 2 rings (SSSR count). The van der Waals surface area contributed by atoms with Crippen molar-refractivity contribution in [2.45, 2.75) is 64.5 Å². The van der Waals surface area contributed by atoms with Gasteiger partial charge in [-0.05, 0) is 39.2 Å². The third-order valence-electron chi connectivity index (χ3n) is 4.11. The number of hydrogen-bond donors (Lipinski definition) is 1. The van der Waals surface area contributed by atoms with E-state index >= 15 is 0 Å². The fourth-order valence-corrected chi connectivity index (χ4v) is 3.17. The number of ether oxygens (including phenoxy) is 1. The van der Waals surface area contributed by atoms with E-state index in [1.54, 1.807) is 7.11 Å². The maximum atomic E-state index is 5.49. The second-order valence-electron chi connectivity index (χ2n) is 5.43. The van der Waals surface area contributed by atoms with Crippen LogP contribution < -0.4 is 10.1 Å². The molecule has 4 heteroatoms. The van der Waals surface area contributed by atoms with Gasteiger partial charge in [0.2, 0.25) is 0 Å². The Kier molecular flexibility index (Phi) is 5.25. The van der Waals surface area contributed by atoms with Crippen molar-refractivity contribution in [1.29, 1.82) is 0 Å². The highest BCUT2D eigenvalue weighted by Gasteiger charge is 2.27. The van der Waals surface area contributed by atoms with E-state index in [-0.39, 0.29) is 0 Å². The largest absolute Gasteiger partial charge is 0.493 e. The quantitative estimate of drug-likeness (QED) is 0.859. The lowest BCUT2D eigenvalue weighted by Gasteiger charge is -2.30. The lowest BCUT2D eigenvalue weighted by molar-refractivity contribution is 0.319. The third-order valence-corrected chi connectivity index (χ3v) is 4.11. The van der Waals surface area contributed by atoms with Crippen LogP contribution in [0.25, 0.3) is 0 Å². The van der Waals surface area contributed by atoms with Crippen LogP contribution in [0.3, 0.4) is 0 Å². The first-order valence-corrected chi connectivity index (χ1v) is 7.63. The topological polar surface area (TPSA) is 39.1 Å². The van der Waals surface area contributed by atoms with E-state index in [2.05, 4.69) is 28.9 Å². The molecule has 2 atom stereocenters. The second kappa shape index (κ2) is 6.94. The SMILES string of the molecule is CCCNC1CCCC(c2c(OC)cnn2CC)C1. The summed E-state index contributed by atoms with van der Waals surface area (Å²) in [5.41, 5.74) is 1.30. The van der Waals surface area contributed by atoms with Crippen LogP contribution in [0.4, 0.5) is 0 Å². The van der Waals surface area contributed by atoms with Crippen LogP contribution in [0.1, 0.15) is 57.6 Å². The molecule has 0 radical (unpaired) electrons. The number of aromatic nitrogens is 2. The van der Waals surface area contributed by atoms with Gasteiger partial charge in [0.1, 0.15) is 0 Å². The van der Waals surface area contributed by atoms with Crippen molar-refractivity contribution in [2.75, 3.05) is 13.7 Å². The molecule has 108 valence electrons. The Labute approximate surface area is 116 Å². The molecule has 1 N–H and O–H groups in total. The minimum atomic E-state index is 0.584. The molecule has 0 aliphatic heterocycles. The van der Waals surface area contributed by atoms with Gasteiger partial charge in [-0.3, -0.25) is 4.68 Å². The van der Waals surface area contributed by atoms with Crippen LogP contribution in [-0.2, 0) is 6.54 Å². The summed E-state index contributed by atoms with van der Waals surface area (Å²) in [6.07, 6.45) is 8.14. The van der Waals surface area contributed by atoms with E-state index in [1.165, 1.54) is 37.8 Å². The van der Waals surface area contributed by atoms with Crippen molar-refractivity contribution < 1.29 is 4.74 Å². The maximum absolute atomic E-state index is 5.49.